The minimum absolute atomic E-state index is 0.365. The van der Waals surface area contributed by atoms with Crippen molar-refractivity contribution >= 4 is 5.97 Å². The van der Waals surface area contributed by atoms with Crippen molar-refractivity contribution < 1.29 is 9.90 Å². The van der Waals surface area contributed by atoms with Crippen LogP contribution in [0.1, 0.15) is 41.6 Å². The fourth-order valence-corrected chi connectivity index (χ4v) is 2.33. The predicted molar refractivity (Wildman–Crippen MR) is 67.4 cm³/mol. The Kier molecular flexibility index (Phi) is 4.15. The molecule has 17 heavy (non-hydrogen) atoms. The third kappa shape index (κ3) is 3.56. The van der Waals surface area contributed by atoms with Gasteiger partial charge >= 0.3 is 5.97 Å². The zero-order valence-corrected chi connectivity index (χ0v) is 9.98. The lowest BCUT2D eigenvalue weighted by Crippen LogP contribution is -2.34. The fraction of sp³-hybridized carbons (Fsp3) is 0.500. The number of aryl methyl sites for hydroxylation is 1. The molecule has 2 rings (SSSR count). The van der Waals surface area contributed by atoms with Gasteiger partial charge in [-0.05, 0) is 49.9 Å². The van der Waals surface area contributed by atoms with Crippen molar-refractivity contribution in [1.29, 1.82) is 0 Å². The average molecular weight is 233 g/mol. The molecule has 1 heterocycles. The molecule has 0 bridgehead atoms. The Morgan fingerprint density at radius 1 is 1.29 bits per heavy atom. The first-order chi connectivity index (χ1) is 8.25. The van der Waals surface area contributed by atoms with Crippen LogP contribution in [0.5, 0.6) is 0 Å². The van der Waals surface area contributed by atoms with E-state index in [0.29, 0.717) is 11.6 Å². The highest BCUT2D eigenvalue weighted by atomic mass is 16.4. The topological polar surface area (TPSA) is 49.3 Å². The molecule has 3 heteroatoms. The maximum absolute atomic E-state index is 10.7. The molecule has 92 valence electrons. The summed E-state index contributed by atoms with van der Waals surface area (Å²) in [6.45, 7) is 1.14. The van der Waals surface area contributed by atoms with E-state index in [1.165, 1.54) is 24.8 Å². The maximum Gasteiger partial charge on any atom is 0.335 e. The van der Waals surface area contributed by atoms with Crippen LogP contribution in [0, 0.1) is 0 Å². The van der Waals surface area contributed by atoms with E-state index in [-0.39, 0.29) is 0 Å². The molecule has 0 radical (unpaired) electrons. The standard InChI is InChI=1S/C14H19NO2/c16-14(17)12-7-4-11(5-8-12)6-9-13-3-1-2-10-15-13/h4-5,7-8,13,15H,1-3,6,9-10H2,(H,16,17). The van der Waals surface area contributed by atoms with E-state index >= 15 is 0 Å². The predicted octanol–water partition coefficient (Wildman–Crippen LogP) is 2.46. The van der Waals surface area contributed by atoms with E-state index in [0.717, 1.165) is 19.4 Å². The molecule has 1 aliphatic heterocycles. The smallest absolute Gasteiger partial charge is 0.335 e. The molecule has 1 aliphatic rings. The van der Waals surface area contributed by atoms with Crippen LogP contribution in [-0.4, -0.2) is 23.7 Å². The number of carboxylic acids is 1. The third-order valence-corrected chi connectivity index (χ3v) is 3.39. The molecule has 1 unspecified atom stereocenters. The zero-order chi connectivity index (χ0) is 12.1. The van der Waals surface area contributed by atoms with Crippen molar-refractivity contribution in [3.05, 3.63) is 35.4 Å². The first kappa shape index (κ1) is 12.1. The largest absolute Gasteiger partial charge is 0.478 e. The van der Waals surface area contributed by atoms with Crippen molar-refractivity contribution in [2.24, 2.45) is 0 Å². The quantitative estimate of drug-likeness (QED) is 0.840. The number of hydrogen-bond donors (Lipinski definition) is 2. The number of hydrogen-bond acceptors (Lipinski definition) is 2. The van der Waals surface area contributed by atoms with Crippen LogP contribution in [0.25, 0.3) is 0 Å². The first-order valence-electron chi connectivity index (χ1n) is 6.31. The van der Waals surface area contributed by atoms with Gasteiger partial charge in [-0.2, -0.15) is 0 Å². The van der Waals surface area contributed by atoms with E-state index in [2.05, 4.69) is 5.32 Å². The summed E-state index contributed by atoms with van der Waals surface area (Å²) in [6.07, 6.45) is 6.07. The molecule has 0 spiro atoms. The lowest BCUT2D eigenvalue weighted by molar-refractivity contribution is 0.0697. The summed E-state index contributed by atoms with van der Waals surface area (Å²) in [5.41, 5.74) is 1.59. The van der Waals surface area contributed by atoms with Gasteiger partial charge in [0.05, 0.1) is 5.56 Å². The molecule has 0 amide bonds. The van der Waals surface area contributed by atoms with E-state index in [4.69, 9.17) is 5.11 Å². The molecule has 0 aliphatic carbocycles. The van der Waals surface area contributed by atoms with E-state index in [1.54, 1.807) is 12.1 Å². The van der Waals surface area contributed by atoms with Crippen LogP contribution >= 0.6 is 0 Å². The normalized spacial score (nSPS) is 20.1. The van der Waals surface area contributed by atoms with Gasteiger partial charge in [-0.15, -0.1) is 0 Å². The highest BCUT2D eigenvalue weighted by Crippen LogP contribution is 2.14. The molecular weight excluding hydrogens is 214 g/mol. The van der Waals surface area contributed by atoms with Crippen molar-refractivity contribution in [3.8, 4) is 0 Å². The number of piperidine rings is 1. The van der Waals surface area contributed by atoms with Gasteiger partial charge in [0.2, 0.25) is 0 Å². The molecule has 1 fully saturated rings. The lowest BCUT2D eigenvalue weighted by Gasteiger charge is -2.23. The number of carboxylic acid groups (broad SMARTS) is 1. The third-order valence-electron chi connectivity index (χ3n) is 3.39. The Morgan fingerprint density at radius 2 is 2.06 bits per heavy atom. The number of nitrogens with one attached hydrogen (secondary N) is 1. The Bertz CT molecular complexity index is 366. The second kappa shape index (κ2) is 5.82. The summed E-state index contributed by atoms with van der Waals surface area (Å²) in [5, 5.41) is 12.3. The molecule has 0 aromatic heterocycles. The minimum atomic E-state index is -0.856. The van der Waals surface area contributed by atoms with Crippen LogP contribution in [0.3, 0.4) is 0 Å². The number of aromatic carboxylic acids is 1. The molecule has 1 aromatic carbocycles. The van der Waals surface area contributed by atoms with Gasteiger partial charge in [0.25, 0.3) is 0 Å². The molecule has 0 saturated carbocycles. The van der Waals surface area contributed by atoms with Gasteiger partial charge in [-0.3, -0.25) is 0 Å². The summed E-state index contributed by atoms with van der Waals surface area (Å²) in [4.78, 5) is 10.7. The average Bonchev–Trinajstić information content (AvgIpc) is 2.38. The van der Waals surface area contributed by atoms with Crippen molar-refractivity contribution in [1.82, 2.24) is 5.32 Å². The molecule has 1 atom stereocenters. The first-order valence-corrected chi connectivity index (χ1v) is 6.31. The van der Waals surface area contributed by atoms with Gasteiger partial charge in [0.1, 0.15) is 0 Å². The van der Waals surface area contributed by atoms with Gasteiger partial charge in [-0.25, -0.2) is 4.79 Å². The van der Waals surface area contributed by atoms with Crippen molar-refractivity contribution in [2.75, 3.05) is 6.54 Å². The van der Waals surface area contributed by atoms with Gasteiger partial charge in [-0.1, -0.05) is 18.6 Å². The Balaban J connectivity index is 1.84. The fourth-order valence-electron chi connectivity index (χ4n) is 2.33. The minimum Gasteiger partial charge on any atom is -0.478 e. The van der Waals surface area contributed by atoms with Crippen LogP contribution in [0.15, 0.2) is 24.3 Å². The Morgan fingerprint density at radius 3 is 2.65 bits per heavy atom. The summed E-state index contributed by atoms with van der Waals surface area (Å²) in [6, 6.07) is 7.86. The Labute approximate surface area is 102 Å². The van der Waals surface area contributed by atoms with Crippen molar-refractivity contribution in [3.63, 3.8) is 0 Å². The van der Waals surface area contributed by atoms with Crippen molar-refractivity contribution in [2.45, 2.75) is 38.1 Å². The van der Waals surface area contributed by atoms with E-state index in [1.807, 2.05) is 12.1 Å². The number of carbonyl (C=O) groups is 1. The second-order valence-electron chi connectivity index (χ2n) is 4.69. The van der Waals surface area contributed by atoms with E-state index in [9.17, 15) is 4.79 Å². The molecule has 3 nitrogen and oxygen atoms in total. The zero-order valence-electron chi connectivity index (χ0n) is 9.98. The number of benzene rings is 1. The lowest BCUT2D eigenvalue weighted by atomic mass is 9.97. The summed E-state index contributed by atoms with van der Waals surface area (Å²) in [5.74, 6) is -0.856. The SMILES string of the molecule is O=C(O)c1ccc(CCC2CCCCN2)cc1. The Hall–Kier alpha value is -1.35. The molecule has 1 aromatic rings. The monoisotopic (exact) mass is 233 g/mol. The maximum atomic E-state index is 10.7. The van der Waals surface area contributed by atoms with Gasteiger partial charge in [0.15, 0.2) is 0 Å². The second-order valence-corrected chi connectivity index (χ2v) is 4.69. The summed E-state index contributed by atoms with van der Waals surface area (Å²) in [7, 11) is 0. The summed E-state index contributed by atoms with van der Waals surface area (Å²) >= 11 is 0. The highest BCUT2D eigenvalue weighted by molar-refractivity contribution is 5.87. The van der Waals surface area contributed by atoms with Crippen LogP contribution < -0.4 is 5.32 Å². The molecular formula is C14H19NO2. The van der Waals surface area contributed by atoms with Gasteiger partial charge in [0, 0.05) is 6.04 Å². The highest BCUT2D eigenvalue weighted by Gasteiger charge is 2.12. The van der Waals surface area contributed by atoms with Crippen LogP contribution in [0.4, 0.5) is 0 Å². The van der Waals surface area contributed by atoms with E-state index < -0.39 is 5.97 Å². The molecule has 2 N–H and O–H groups in total. The van der Waals surface area contributed by atoms with Crippen LogP contribution in [-0.2, 0) is 6.42 Å². The molecule has 1 saturated heterocycles. The van der Waals surface area contributed by atoms with Gasteiger partial charge < -0.3 is 10.4 Å². The summed E-state index contributed by atoms with van der Waals surface area (Å²) < 4.78 is 0. The number of rotatable bonds is 4. The van der Waals surface area contributed by atoms with Crippen LogP contribution in [0.2, 0.25) is 0 Å².